The quantitative estimate of drug-likeness (QED) is 0.703. The van der Waals surface area contributed by atoms with Gasteiger partial charge in [-0.15, -0.1) is 10.2 Å². The number of aliphatic carboxylic acids is 1. The fourth-order valence-electron chi connectivity index (χ4n) is 2.50. The third kappa shape index (κ3) is 2.93. The monoisotopic (exact) mass is 357 g/mol. The summed E-state index contributed by atoms with van der Waals surface area (Å²) >= 11 is 1.21. The van der Waals surface area contributed by atoms with E-state index in [2.05, 4.69) is 15.3 Å². The topological polar surface area (TPSA) is 96.3 Å². The number of furan rings is 1. The van der Waals surface area contributed by atoms with Gasteiger partial charge in [-0.25, -0.2) is 4.39 Å². The van der Waals surface area contributed by atoms with Crippen molar-refractivity contribution in [3.63, 3.8) is 0 Å². The molecule has 0 amide bonds. The summed E-state index contributed by atoms with van der Waals surface area (Å²) in [4.78, 5) is 11.1. The van der Waals surface area contributed by atoms with Crippen LogP contribution in [0.3, 0.4) is 0 Å². The molecule has 0 aliphatic carbocycles. The highest BCUT2D eigenvalue weighted by Gasteiger charge is 2.29. The Morgan fingerprint density at radius 3 is 2.76 bits per heavy atom. The third-order valence-corrected chi connectivity index (χ3v) is 4.75. The zero-order valence-electron chi connectivity index (χ0n) is 12.6. The maximum Gasteiger partial charge on any atom is 0.221 e. The number of rotatable bonds is 4. The minimum atomic E-state index is -1.20. The lowest BCUT2D eigenvalue weighted by atomic mass is 10.1. The maximum atomic E-state index is 13.2. The summed E-state index contributed by atoms with van der Waals surface area (Å²) in [5.41, 5.74) is 1.10. The molecule has 25 heavy (non-hydrogen) atoms. The zero-order valence-corrected chi connectivity index (χ0v) is 13.4. The second kappa shape index (κ2) is 6.17. The van der Waals surface area contributed by atoms with E-state index in [-0.39, 0.29) is 12.2 Å². The molecule has 1 aliphatic heterocycles. The predicted molar refractivity (Wildman–Crippen MR) is 85.3 cm³/mol. The van der Waals surface area contributed by atoms with E-state index < -0.39 is 11.2 Å². The van der Waals surface area contributed by atoms with E-state index in [1.54, 1.807) is 24.3 Å². The lowest BCUT2D eigenvalue weighted by molar-refractivity contribution is -0.305. The highest BCUT2D eigenvalue weighted by atomic mass is 32.2. The van der Waals surface area contributed by atoms with Crippen LogP contribution in [0, 0.1) is 5.82 Å². The van der Waals surface area contributed by atoms with Crippen molar-refractivity contribution < 1.29 is 18.7 Å². The van der Waals surface area contributed by atoms with Crippen molar-refractivity contribution in [1.29, 1.82) is 0 Å². The Kier molecular flexibility index (Phi) is 3.85. The van der Waals surface area contributed by atoms with E-state index in [0.717, 1.165) is 0 Å². The van der Waals surface area contributed by atoms with Gasteiger partial charge in [0.1, 0.15) is 5.82 Å². The van der Waals surface area contributed by atoms with Crippen molar-refractivity contribution in [1.82, 2.24) is 14.9 Å². The number of carboxylic acid groups (broad SMARTS) is 1. The molecule has 3 heterocycles. The van der Waals surface area contributed by atoms with Gasteiger partial charge in [0.05, 0.1) is 17.2 Å². The molecule has 1 aromatic carbocycles. The number of halogens is 1. The number of benzene rings is 1. The van der Waals surface area contributed by atoms with E-state index in [1.807, 2.05) is 0 Å². The molecule has 1 aliphatic rings. The molecule has 1 unspecified atom stereocenters. The molecule has 7 nitrogen and oxygen atoms in total. The summed E-state index contributed by atoms with van der Waals surface area (Å²) in [6.07, 6.45) is 1.26. The van der Waals surface area contributed by atoms with Gasteiger partial charge in [-0.1, -0.05) is 23.9 Å². The van der Waals surface area contributed by atoms with Gasteiger partial charge in [-0.2, -0.15) is 9.78 Å². The van der Waals surface area contributed by atoms with Gasteiger partial charge in [-0.05, 0) is 29.8 Å². The number of aromatic nitrogens is 3. The number of carbonyl (C=O) groups excluding carboxylic acids is 1. The molecule has 0 bridgehead atoms. The molecular formula is C16H10FN4O3S-. The lowest BCUT2D eigenvalue weighted by Crippen LogP contribution is -2.32. The molecule has 0 saturated carbocycles. The molecule has 1 atom stereocenters. The van der Waals surface area contributed by atoms with Crippen LogP contribution in [0.25, 0.3) is 11.6 Å². The van der Waals surface area contributed by atoms with Crippen LogP contribution in [0.4, 0.5) is 4.39 Å². The number of carboxylic acids is 1. The Bertz CT molecular complexity index is 950. The predicted octanol–water partition coefficient (Wildman–Crippen LogP) is 1.54. The maximum absolute atomic E-state index is 13.2. The highest BCUT2D eigenvalue weighted by Crippen LogP contribution is 2.34. The Balaban J connectivity index is 1.82. The van der Waals surface area contributed by atoms with Crippen LogP contribution in [0.15, 0.2) is 57.3 Å². The SMILES string of the molecule is O=C([O-])CC1Sc2nnc(-c3ccco3)n2N=C1c1ccc(F)cc1. The van der Waals surface area contributed by atoms with Crippen LogP contribution in [0.5, 0.6) is 0 Å². The normalized spacial score (nSPS) is 16.4. The molecule has 9 heteroatoms. The summed E-state index contributed by atoms with van der Waals surface area (Å²) in [6.45, 7) is 0. The first-order valence-corrected chi connectivity index (χ1v) is 8.20. The Morgan fingerprint density at radius 2 is 2.08 bits per heavy atom. The van der Waals surface area contributed by atoms with Crippen molar-refractivity contribution in [2.24, 2.45) is 5.10 Å². The number of hydrogen-bond acceptors (Lipinski definition) is 7. The van der Waals surface area contributed by atoms with E-state index in [0.29, 0.717) is 28.0 Å². The molecular weight excluding hydrogens is 347 g/mol. The van der Waals surface area contributed by atoms with E-state index >= 15 is 0 Å². The fourth-order valence-corrected chi connectivity index (χ4v) is 3.58. The molecule has 0 radical (unpaired) electrons. The number of fused-ring (bicyclic) bond motifs is 1. The van der Waals surface area contributed by atoms with Gasteiger partial charge in [-0.3, -0.25) is 0 Å². The third-order valence-electron chi connectivity index (χ3n) is 3.61. The van der Waals surface area contributed by atoms with Crippen molar-refractivity contribution >= 4 is 23.4 Å². The Hall–Kier alpha value is -2.94. The van der Waals surface area contributed by atoms with Crippen LogP contribution >= 0.6 is 11.8 Å². The lowest BCUT2D eigenvalue weighted by Gasteiger charge is -2.23. The zero-order chi connectivity index (χ0) is 17.4. The molecule has 0 N–H and O–H groups in total. The van der Waals surface area contributed by atoms with E-state index in [1.165, 1.54) is 34.8 Å². The number of carbonyl (C=O) groups is 1. The minimum absolute atomic E-state index is 0.246. The van der Waals surface area contributed by atoms with Gasteiger partial charge < -0.3 is 14.3 Å². The van der Waals surface area contributed by atoms with E-state index in [4.69, 9.17) is 4.42 Å². The van der Waals surface area contributed by atoms with Crippen LogP contribution < -0.4 is 5.11 Å². The molecule has 0 spiro atoms. The van der Waals surface area contributed by atoms with Crippen LogP contribution in [0.1, 0.15) is 12.0 Å². The summed E-state index contributed by atoms with van der Waals surface area (Å²) in [5.74, 6) is -0.698. The Morgan fingerprint density at radius 1 is 1.28 bits per heavy atom. The summed E-state index contributed by atoms with van der Waals surface area (Å²) in [6, 6.07) is 9.15. The van der Waals surface area contributed by atoms with Gasteiger partial charge in [0.15, 0.2) is 5.76 Å². The highest BCUT2D eigenvalue weighted by molar-refractivity contribution is 8.00. The first-order valence-electron chi connectivity index (χ1n) is 7.32. The number of hydrogen-bond donors (Lipinski definition) is 0. The smallest absolute Gasteiger partial charge is 0.221 e. The molecule has 126 valence electrons. The van der Waals surface area contributed by atoms with Gasteiger partial charge in [0, 0.05) is 12.4 Å². The van der Waals surface area contributed by atoms with Crippen molar-refractivity contribution in [2.75, 3.05) is 0 Å². The first kappa shape index (κ1) is 15.6. The molecule has 0 fully saturated rings. The molecule has 2 aromatic heterocycles. The first-order chi connectivity index (χ1) is 12.1. The standard InChI is InChI=1S/C16H11FN4O3S/c17-10-5-3-9(4-6-10)14-12(8-13(22)23)25-16-19-18-15(21(16)20-14)11-2-1-7-24-11/h1-7,12H,8H2,(H,22,23)/p-1. The van der Waals surface area contributed by atoms with Crippen LogP contribution in [0.2, 0.25) is 0 Å². The Labute approximate surface area is 145 Å². The van der Waals surface area contributed by atoms with Gasteiger partial charge >= 0.3 is 0 Å². The van der Waals surface area contributed by atoms with Crippen molar-refractivity contribution in [3.8, 4) is 11.6 Å². The summed E-state index contributed by atoms with van der Waals surface area (Å²) in [7, 11) is 0. The number of nitrogens with zero attached hydrogens (tertiary/aromatic N) is 4. The van der Waals surface area contributed by atoms with Gasteiger partial charge in [0.2, 0.25) is 11.0 Å². The second-order valence-electron chi connectivity index (χ2n) is 5.27. The molecule has 4 rings (SSSR count). The fraction of sp³-hybridized carbons (Fsp3) is 0.125. The van der Waals surface area contributed by atoms with Crippen molar-refractivity contribution in [3.05, 3.63) is 54.0 Å². The van der Waals surface area contributed by atoms with Crippen LogP contribution in [-0.2, 0) is 4.79 Å². The average molecular weight is 357 g/mol. The minimum Gasteiger partial charge on any atom is -0.550 e. The van der Waals surface area contributed by atoms with Crippen LogP contribution in [-0.4, -0.2) is 31.8 Å². The summed E-state index contributed by atoms with van der Waals surface area (Å²) in [5, 5.41) is 23.7. The average Bonchev–Trinajstić information content (AvgIpc) is 3.23. The molecule has 3 aromatic rings. The number of thioether (sulfide) groups is 1. The molecule has 0 saturated heterocycles. The second-order valence-corrected chi connectivity index (χ2v) is 6.44. The van der Waals surface area contributed by atoms with Crippen molar-refractivity contribution in [2.45, 2.75) is 16.8 Å². The van der Waals surface area contributed by atoms with E-state index in [9.17, 15) is 14.3 Å². The van der Waals surface area contributed by atoms with Gasteiger partial charge in [0.25, 0.3) is 0 Å². The summed E-state index contributed by atoms with van der Waals surface area (Å²) < 4.78 is 20.0. The largest absolute Gasteiger partial charge is 0.550 e.